The van der Waals surface area contributed by atoms with Gasteiger partial charge in [0.15, 0.2) is 11.6 Å². The molecular weight excluding hydrogens is 386 g/mol. The standard InChI is InChI=1S/C20H10F2N2O5/c21-15-9-13(10-4-2-1-3-5-10)17(18(25)16(15)22)23-19(26)12-7-6-11(24(28)29)8-14(12)20(23)27/h1-9,25H. The summed E-state index contributed by atoms with van der Waals surface area (Å²) in [5, 5.41) is 21.2. The van der Waals surface area contributed by atoms with E-state index < -0.39 is 45.5 Å². The highest BCUT2D eigenvalue weighted by Crippen LogP contribution is 2.44. The maximum absolute atomic E-state index is 14.1. The van der Waals surface area contributed by atoms with Crippen LogP contribution in [0.3, 0.4) is 0 Å². The second-order valence-corrected chi connectivity index (χ2v) is 6.22. The van der Waals surface area contributed by atoms with E-state index in [0.717, 1.165) is 24.3 Å². The molecule has 0 aliphatic carbocycles. The Hall–Kier alpha value is -4.14. The van der Waals surface area contributed by atoms with E-state index in [2.05, 4.69) is 0 Å². The molecule has 0 radical (unpaired) electrons. The van der Waals surface area contributed by atoms with Crippen molar-refractivity contribution in [1.29, 1.82) is 0 Å². The SMILES string of the molecule is O=C1c2ccc([N+](=O)[O-])cc2C(=O)N1c1c(-c2ccccc2)cc(F)c(F)c1O. The predicted molar refractivity (Wildman–Crippen MR) is 97.7 cm³/mol. The second-order valence-electron chi connectivity index (χ2n) is 6.22. The number of aromatic hydroxyl groups is 1. The van der Waals surface area contributed by atoms with E-state index in [1.54, 1.807) is 18.2 Å². The van der Waals surface area contributed by atoms with Crippen molar-refractivity contribution in [2.24, 2.45) is 0 Å². The first-order valence-corrected chi connectivity index (χ1v) is 8.25. The summed E-state index contributed by atoms with van der Waals surface area (Å²) in [6.07, 6.45) is 0. The highest BCUT2D eigenvalue weighted by molar-refractivity contribution is 6.35. The van der Waals surface area contributed by atoms with Crippen LogP contribution in [0.15, 0.2) is 54.6 Å². The zero-order valence-electron chi connectivity index (χ0n) is 14.4. The molecule has 0 spiro atoms. The Kier molecular flexibility index (Phi) is 4.08. The average molecular weight is 396 g/mol. The van der Waals surface area contributed by atoms with E-state index in [1.165, 1.54) is 12.1 Å². The molecule has 0 fully saturated rings. The van der Waals surface area contributed by atoms with E-state index >= 15 is 0 Å². The van der Waals surface area contributed by atoms with E-state index in [1.807, 2.05) is 0 Å². The Morgan fingerprint density at radius 1 is 0.897 bits per heavy atom. The fourth-order valence-corrected chi connectivity index (χ4v) is 3.21. The third-order valence-corrected chi connectivity index (χ3v) is 4.56. The monoisotopic (exact) mass is 396 g/mol. The number of amides is 2. The maximum Gasteiger partial charge on any atom is 0.270 e. The Balaban J connectivity index is 1.96. The molecule has 0 aromatic heterocycles. The number of phenolic OH excluding ortho intramolecular Hbond substituents is 1. The fraction of sp³-hybridized carbons (Fsp3) is 0. The molecule has 0 saturated carbocycles. The number of anilines is 1. The van der Waals surface area contributed by atoms with Crippen molar-refractivity contribution in [2.45, 2.75) is 0 Å². The summed E-state index contributed by atoms with van der Waals surface area (Å²) in [5.74, 6) is -6.11. The molecule has 0 bridgehead atoms. The summed E-state index contributed by atoms with van der Waals surface area (Å²) in [6, 6.07) is 11.8. The minimum atomic E-state index is -1.62. The number of halogens is 2. The Morgan fingerprint density at radius 3 is 2.21 bits per heavy atom. The summed E-state index contributed by atoms with van der Waals surface area (Å²) in [6.45, 7) is 0. The van der Waals surface area contributed by atoms with Crippen LogP contribution in [0.4, 0.5) is 20.2 Å². The first-order chi connectivity index (χ1) is 13.8. The number of benzene rings is 3. The Labute approximate surface area is 161 Å². The average Bonchev–Trinajstić information content (AvgIpc) is 2.96. The summed E-state index contributed by atoms with van der Waals surface area (Å²) >= 11 is 0. The fourth-order valence-electron chi connectivity index (χ4n) is 3.21. The molecule has 144 valence electrons. The van der Waals surface area contributed by atoms with Crippen LogP contribution in [0.5, 0.6) is 5.75 Å². The number of hydrogen-bond acceptors (Lipinski definition) is 5. The molecule has 1 aliphatic heterocycles. The van der Waals surface area contributed by atoms with Gasteiger partial charge in [0.25, 0.3) is 17.5 Å². The first-order valence-electron chi connectivity index (χ1n) is 8.25. The summed E-state index contributed by atoms with van der Waals surface area (Å²) < 4.78 is 28.1. The number of rotatable bonds is 3. The van der Waals surface area contributed by atoms with Crippen LogP contribution < -0.4 is 4.90 Å². The van der Waals surface area contributed by atoms with Gasteiger partial charge in [-0.1, -0.05) is 30.3 Å². The third kappa shape index (κ3) is 2.71. The number of imide groups is 1. The van der Waals surface area contributed by atoms with E-state index in [-0.39, 0.29) is 16.7 Å². The minimum absolute atomic E-state index is 0.0917. The van der Waals surface area contributed by atoms with Crippen molar-refractivity contribution in [2.75, 3.05) is 4.90 Å². The molecule has 1 heterocycles. The zero-order valence-corrected chi connectivity index (χ0v) is 14.4. The molecule has 3 aromatic carbocycles. The van der Waals surface area contributed by atoms with Gasteiger partial charge < -0.3 is 5.11 Å². The molecule has 0 unspecified atom stereocenters. The number of carbonyl (C=O) groups is 2. The summed E-state index contributed by atoms with van der Waals surface area (Å²) in [5.41, 5.74) is -1.14. The van der Waals surface area contributed by atoms with Crippen molar-refractivity contribution in [3.8, 4) is 16.9 Å². The smallest absolute Gasteiger partial charge is 0.270 e. The lowest BCUT2D eigenvalue weighted by atomic mass is 10.0. The van der Waals surface area contributed by atoms with E-state index in [0.29, 0.717) is 10.5 Å². The van der Waals surface area contributed by atoms with Gasteiger partial charge in [0.05, 0.1) is 16.1 Å². The molecule has 0 atom stereocenters. The number of carbonyl (C=O) groups excluding carboxylic acids is 2. The number of nitro benzene ring substituents is 1. The zero-order chi connectivity index (χ0) is 20.9. The van der Waals surface area contributed by atoms with E-state index in [9.17, 15) is 33.6 Å². The van der Waals surface area contributed by atoms with Gasteiger partial charge in [-0.25, -0.2) is 9.29 Å². The lowest BCUT2D eigenvalue weighted by molar-refractivity contribution is -0.384. The topological polar surface area (TPSA) is 101 Å². The summed E-state index contributed by atoms with van der Waals surface area (Å²) in [7, 11) is 0. The molecule has 2 amide bonds. The number of nitrogens with zero attached hydrogens (tertiary/aromatic N) is 2. The van der Waals surface area contributed by atoms with Gasteiger partial charge in [0.1, 0.15) is 5.69 Å². The molecule has 1 N–H and O–H groups in total. The molecule has 9 heteroatoms. The number of fused-ring (bicyclic) bond motifs is 1. The van der Waals surface area contributed by atoms with Crippen LogP contribution in [-0.4, -0.2) is 21.8 Å². The van der Waals surface area contributed by atoms with E-state index in [4.69, 9.17) is 0 Å². The van der Waals surface area contributed by atoms with Crippen LogP contribution in [0.25, 0.3) is 11.1 Å². The van der Waals surface area contributed by atoms with Crippen LogP contribution in [0.1, 0.15) is 20.7 Å². The number of non-ortho nitro benzene ring substituents is 1. The van der Waals surface area contributed by atoms with Crippen LogP contribution in [-0.2, 0) is 0 Å². The van der Waals surface area contributed by atoms with Crippen molar-refractivity contribution in [3.05, 3.63) is 87.5 Å². The third-order valence-electron chi connectivity index (χ3n) is 4.56. The maximum atomic E-state index is 14.1. The summed E-state index contributed by atoms with van der Waals surface area (Å²) in [4.78, 5) is 36.4. The number of nitro groups is 1. The minimum Gasteiger partial charge on any atom is -0.503 e. The number of hydrogen-bond donors (Lipinski definition) is 1. The predicted octanol–water partition coefficient (Wildman–Crippen LogP) is 4.05. The second kappa shape index (κ2) is 6.48. The van der Waals surface area contributed by atoms with Gasteiger partial charge in [0, 0.05) is 17.7 Å². The quantitative estimate of drug-likeness (QED) is 0.409. The lowest BCUT2D eigenvalue weighted by Crippen LogP contribution is -2.30. The molecule has 3 aromatic rings. The first kappa shape index (κ1) is 18.2. The van der Waals surface area contributed by atoms with Crippen molar-refractivity contribution in [3.63, 3.8) is 0 Å². The van der Waals surface area contributed by atoms with Gasteiger partial charge in [-0.2, -0.15) is 4.39 Å². The number of phenols is 1. The van der Waals surface area contributed by atoms with Crippen molar-refractivity contribution in [1.82, 2.24) is 0 Å². The Bertz CT molecular complexity index is 1210. The lowest BCUT2D eigenvalue weighted by Gasteiger charge is -2.20. The molecule has 1 aliphatic rings. The Morgan fingerprint density at radius 2 is 1.55 bits per heavy atom. The molecule has 4 rings (SSSR count). The highest BCUT2D eigenvalue weighted by Gasteiger charge is 2.41. The van der Waals surface area contributed by atoms with Crippen LogP contribution >= 0.6 is 0 Å². The normalized spacial score (nSPS) is 13.0. The van der Waals surface area contributed by atoms with Crippen LogP contribution in [0.2, 0.25) is 0 Å². The van der Waals surface area contributed by atoms with Gasteiger partial charge in [-0.3, -0.25) is 19.7 Å². The van der Waals surface area contributed by atoms with Crippen LogP contribution in [0, 0.1) is 21.7 Å². The molecular formula is C20H10F2N2O5. The van der Waals surface area contributed by atoms with Crippen molar-refractivity contribution < 1.29 is 28.4 Å². The van der Waals surface area contributed by atoms with Gasteiger partial charge in [-0.05, 0) is 17.7 Å². The highest BCUT2D eigenvalue weighted by atomic mass is 19.2. The van der Waals surface area contributed by atoms with Crippen molar-refractivity contribution >= 4 is 23.2 Å². The van der Waals surface area contributed by atoms with Gasteiger partial charge >= 0.3 is 0 Å². The molecule has 29 heavy (non-hydrogen) atoms. The molecule has 7 nitrogen and oxygen atoms in total. The van der Waals surface area contributed by atoms with Gasteiger partial charge in [-0.15, -0.1) is 0 Å². The van der Waals surface area contributed by atoms with Gasteiger partial charge in [0.2, 0.25) is 5.82 Å². The molecule has 0 saturated heterocycles. The largest absolute Gasteiger partial charge is 0.503 e.